The molecule has 1 aromatic heterocycles. The molecular weight excluding hydrogens is 280 g/mol. The second-order valence-electron chi connectivity index (χ2n) is 4.81. The molecule has 1 amide bonds. The van der Waals surface area contributed by atoms with Gasteiger partial charge in [-0.2, -0.15) is 0 Å². The van der Waals surface area contributed by atoms with Crippen LogP contribution in [0.3, 0.4) is 0 Å². The summed E-state index contributed by atoms with van der Waals surface area (Å²) in [5, 5.41) is 2.89. The third kappa shape index (κ3) is 3.53. The molecule has 0 aliphatic heterocycles. The number of rotatable bonds is 2. The van der Waals surface area contributed by atoms with E-state index in [1.54, 1.807) is 6.20 Å². The number of hydrogen-bond donors (Lipinski definition) is 1. The van der Waals surface area contributed by atoms with Crippen LogP contribution in [0.4, 0.5) is 5.82 Å². The summed E-state index contributed by atoms with van der Waals surface area (Å²) >= 11 is 3.36. The van der Waals surface area contributed by atoms with E-state index in [-0.39, 0.29) is 11.8 Å². The van der Waals surface area contributed by atoms with Crippen LogP contribution in [0.2, 0.25) is 0 Å². The topological polar surface area (TPSA) is 42.0 Å². The third-order valence-corrected chi connectivity index (χ3v) is 3.85. The minimum atomic E-state index is 0.113. The fraction of sp³-hybridized carbons (Fsp3) is 0.538. The molecule has 0 unspecified atom stereocenters. The Hall–Kier alpha value is -0.900. The number of halogens is 1. The first-order valence-electron chi connectivity index (χ1n) is 6.07. The Morgan fingerprint density at radius 2 is 2.12 bits per heavy atom. The highest BCUT2D eigenvalue weighted by Gasteiger charge is 2.24. The molecule has 17 heavy (non-hydrogen) atoms. The standard InChI is InChI=1S/C13H17BrN2O/c1-9-2-4-10(5-3-9)13(17)16-12-8-11(14)6-7-15-12/h6-10H,2-5H2,1H3,(H,15,16,17). The van der Waals surface area contributed by atoms with Crippen molar-refractivity contribution in [3.05, 3.63) is 22.8 Å². The molecule has 0 aromatic carbocycles. The molecule has 1 aliphatic carbocycles. The van der Waals surface area contributed by atoms with E-state index in [9.17, 15) is 4.79 Å². The average Bonchev–Trinajstić information content (AvgIpc) is 2.29. The summed E-state index contributed by atoms with van der Waals surface area (Å²) in [6.07, 6.45) is 6.00. The van der Waals surface area contributed by atoms with Crippen molar-refractivity contribution in [2.24, 2.45) is 11.8 Å². The van der Waals surface area contributed by atoms with Crippen LogP contribution in [0, 0.1) is 11.8 Å². The van der Waals surface area contributed by atoms with Crippen molar-refractivity contribution in [2.75, 3.05) is 5.32 Å². The Labute approximate surface area is 110 Å². The van der Waals surface area contributed by atoms with Gasteiger partial charge in [-0.1, -0.05) is 22.9 Å². The fourth-order valence-corrected chi connectivity index (χ4v) is 2.56. The Balaban J connectivity index is 1.93. The first-order chi connectivity index (χ1) is 8.15. The molecule has 0 saturated heterocycles. The quantitative estimate of drug-likeness (QED) is 0.906. The molecule has 0 spiro atoms. The van der Waals surface area contributed by atoms with Gasteiger partial charge >= 0.3 is 0 Å². The zero-order valence-corrected chi connectivity index (χ0v) is 11.5. The molecule has 1 fully saturated rings. The summed E-state index contributed by atoms with van der Waals surface area (Å²) in [5.74, 6) is 1.67. The molecule has 0 radical (unpaired) electrons. The van der Waals surface area contributed by atoms with E-state index in [4.69, 9.17) is 0 Å². The summed E-state index contributed by atoms with van der Waals surface area (Å²) in [7, 11) is 0. The van der Waals surface area contributed by atoms with Crippen molar-refractivity contribution in [1.29, 1.82) is 0 Å². The smallest absolute Gasteiger partial charge is 0.228 e. The van der Waals surface area contributed by atoms with Crippen molar-refractivity contribution in [3.8, 4) is 0 Å². The fourth-order valence-electron chi connectivity index (χ4n) is 2.22. The SMILES string of the molecule is CC1CCC(C(=O)Nc2cc(Br)ccn2)CC1. The van der Waals surface area contributed by atoms with Gasteiger partial charge in [0.05, 0.1) is 0 Å². The van der Waals surface area contributed by atoms with Gasteiger partial charge in [-0.05, 0) is 43.7 Å². The van der Waals surface area contributed by atoms with Crippen LogP contribution >= 0.6 is 15.9 Å². The number of aromatic nitrogens is 1. The summed E-state index contributed by atoms with van der Waals surface area (Å²) in [6, 6.07) is 3.67. The Morgan fingerprint density at radius 1 is 1.41 bits per heavy atom. The second kappa shape index (κ2) is 5.63. The maximum Gasteiger partial charge on any atom is 0.228 e. The highest BCUT2D eigenvalue weighted by molar-refractivity contribution is 9.10. The van der Waals surface area contributed by atoms with E-state index in [0.717, 1.165) is 36.1 Å². The lowest BCUT2D eigenvalue weighted by Gasteiger charge is -2.25. The van der Waals surface area contributed by atoms with Crippen LogP contribution in [0.5, 0.6) is 0 Å². The number of carbonyl (C=O) groups excluding carboxylic acids is 1. The molecule has 0 atom stereocenters. The van der Waals surface area contributed by atoms with E-state index >= 15 is 0 Å². The number of carbonyl (C=O) groups is 1. The normalized spacial score (nSPS) is 24.4. The molecule has 2 rings (SSSR count). The number of amides is 1. The minimum absolute atomic E-state index is 0.113. The molecule has 4 heteroatoms. The summed E-state index contributed by atoms with van der Waals surface area (Å²) < 4.78 is 0.931. The first kappa shape index (κ1) is 12.6. The van der Waals surface area contributed by atoms with Gasteiger partial charge in [-0.25, -0.2) is 4.98 Å². The molecule has 1 saturated carbocycles. The molecule has 1 heterocycles. The van der Waals surface area contributed by atoms with Gasteiger partial charge in [0.25, 0.3) is 0 Å². The van der Waals surface area contributed by atoms with Crippen LogP contribution in [0.15, 0.2) is 22.8 Å². The highest BCUT2D eigenvalue weighted by atomic mass is 79.9. The van der Waals surface area contributed by atoms with Gasteiger partial charge in [0.2, 0.25) is 5.91 Å². The lowest BCUT2D eigenvalue weighted by atomic mass is 9.82. The maximum atomic E-state index is 12.0. The lowest BCUT2D eigenvalue weighted by molar-refractivity contribution is -0.121. The van der Waals surface area contributed by atoms with Gasteiger partial charge < -0.3 is 5.32 Å². The van der Waals surface area contributed by atoms with Crippen molar-refractivity contribution < 1.29 is 4.79 Å². The van der Waals surface area contributed by atoms with Crippen molar-refractivity contribution in [1.82, 2.24) is 4.98 Å². The molecular formula is C13H17BrN2O. The van der Waals surface area contributed by atoms with E-state index in [2.05, 4.69) is 33.2 Å². The summed E-state index contributed by atoms with van der Waals surface area (Å²) in [5.41, 5.74) is 0. The lowest BCUT2D eigenvalue weighted by Crippen LogP contribution is -2.26. The number of nitrogens with zero attached hydrogens (tertiary/aromatic N) is 1. The summed E-state index contributed by atoms with van der Waals surface area (Å²) in [4.78, 5) is 16.1. The van der Waals surface area contributed by atoms with Crippen molar-refractivity contribution in [3.63, 3.8) is 0 Å². The van der Waals surface area contributed by atoms with Crippen LogP contribution in [0.1, 0.15) is 32.6 Å². The number of hydrogen-bond acceptors (Lipinski definition) is 2. The highest BCUT2D eigenvalue weighted by Crippen LogP contribution is 2.29. The Kier molecular flexibility index (Phi) is 4.15. The number of nitrogens with one attached hydrogen (secondary N) is 1. The van der Waals surface area contributed by atoms with Crippen LogP contribution in [0.25, 0.3) is 0 Å². The Bertz CT molecular complexity index is 400. The van der Waals surface area contributed by atoms with E-state index in [1.807, 2.05) is 12.1 Å². The van der Waals surface area contributed by atoms with Crippen LogP contribution in [-0.2, 0) is 4.79 Å². The molecule has 1 aromatic rings. The molecule has 0 bridgehead atoms. The van der Waals surface area contributed by atoms with E-state index in [1.165, 1.54) is 0 Å². The van der Waals surface area contributed by atoms with Crippen LogP contribution in [-0.4, -0.2) is 10.9 Å². The van der Waals surface area contributed by atoms with Gasteiger partial charge in [0, 0.05) is 16.6 Å². The largest absolute Gasteiger partial charge is 0.310 e. The zero-order chi connectivity index (χ0) is 12.3. The minimum Gasteiger partial charge on any atom is -0.310 e. The van der Waals surface area contributed by atoms with Gasteiger partial charge in [-0.3, -0.25) is 4.79 Å². The third-order valence-electron chi connectivity index (χ3n) is 3.36. The number of pyridine rings is 1. The van der Waals surface area contributed by atoms with Crippen molar-refractivity contribution >= 4 is 27.7 Å². The molecule has 3 nitrogen and oxygen atoms in total. The molecule has 1 N–H and O–H groups in total. The van der Waals surface area contributed by atoms with Gasteiger partial charge in [0.1, 0.15) is 5.82 Å². The number of anilines is 1. The molecule has 1 aliphatic rings. The average molecular weight is 297 g/mol. The predicted octanol–water partition coefficient (Wildman–Crippen LogP) is 3.61. The maximum absolute atomic E-state index is 12.0. The second-order valence-corrected chi connectivity index (χ2v) is 5.72. The van der Waals surface area contributed by atoms with Gasteiger partial charge in [0.15, 0.2) is 0 Å². The summed E-state index contributed by atoms with van der Waals surface area (Å²) in [6.45, 7) is 2.25. The van der Waals surface area contributed by atoms with Crippen LogP contribution < -0.4 is 5.32 Å². The monoisotopic (exact) mass is 296 g/mol. The predicted molar refractivity (Wildman–Crippen MR) is 71.7 cm³/mol. The van der Waals surface area contributed by atoms with E-state index < -0.39 is 0 Å². The Morgan fingerprint density at radius 3 is 2.76 bits per heavy atom. The van der Waals surface area contributed by atoms with Gasteiger partial charge in [-0.15, -0.1) is 0 Å². The first-order valence-corrected chi connectivity index (χ1v) is 6.87. The van der Waals surface area contributed by atoms with Crippen molar-refractivity contribution in [2.45, 2.75) is 32.6 Å². The molecule has 92 valence electrons. The van der Waals surface area contributed by atoms with E-state index in [0.29, 0.717) is 5.82 Å². The zero-order valence-electron chi connectivity index (χ0n) is 9.95.